The van der Waals surface area contributed by atoms with Crippen molar-refractivity contribution in [3.8, 4) is 9.88 Å². The Kier molecular flexibility index (Phi) is 5.11. The van der Waals surface area contributed by atoms with E-state index in [0.29, 0.717) is 10.0 Å². The molecule has 8 heteroatoms. The van der Waals surface area contributed by atoms with E-state index >= 15 is 0 Å². The summed E-state index contributed by atoms with van der Waals surface area (Å²) in [5.74, 6) is -0.186. The van der Waals surface area contributed by atoms with Crippen LogP contribution in [-0.4, -0.2) is 15.9 Å². The zero-order valence-electron chi connectivity index (χ0n) is 12.5. The molecule has 3 aromatic heterocycles. The molecule has 0 radical (unpaired) electrons. The number of thiazole rings is 2. The Balaban J connectivity index is 1.69. The van der Waals surface area contributed by atoms with E-state index in [-0.39, 0.29) is 11.9 Å². The van der Waals surface area contributed by atoms with E-state index < -0.39 is 0 Å². The van der Waals surface area contributed by atoms with Gasteiger partial charge in [0.1, 0.15) is 10.7 Å². The standard InChI is InChI=1S/C15H14ClN3OS3/c1-3-13-18-9(6-21-13)8(2)17-14(20)10-7-22-15(19-10)11-4-5-12(16)23-11/h4-8H,3H2,1-2H3,(H,17,20). The number of thiophene rings is 1. The summed E-state index contributed by atoms with van der Waals surface area (Å²) in [4.78, 5) is 22.2. The number of hydrogen-bond donors (Lipinski definition) is 1. The van der Waals surface area contributed by atoms with Gasteiger partial charge < -0.3 is 5.32 Å². The van der Waals surface area contributed by atoms with Crippen molar-refractivity contribution >= 4 is 51.5 Å². The molecule has 0 aliphatic carbocycles. The monoisotopic (exact) mass is 383 g/mol. The Hall–Kier alpha value is -1.28. The number of hydrogen-bond acceptors (Lipinski definition) is 6. The van der Waals surface area contributed by atoms with Gasteiger partial charge in [0.05, 0.1) is 26.0 Å². The van der Waals surface area contributed by atoms with Crippen molar-refractivity contribution in [1.82, 2.24) is 15.3 Å². The molecule has 0 spiro atoms. The normalized spacial score (nSPS) is 12.3. The molecule has 1 N–H and O–H groups in total. The molecule has 23 heavy (non-hydrogen) atoms. The van der Waals surface area contributed by atoms with Gasteiger partial charge in [-0.05, 0) is 25.5 Å². The number of carbonyl (C=O) groups is 1. The number of aromatic nitrogens is 2. The van der Waals surface area contributed by atoms with Crippen LogP contribution in [-0.2, 0) is 6.42 Å². The van der Waals surface area contributed by atoms with E-state index in [2.05, 4.69) is 22.2 Å². The highest BCUT2D eigenvalue weighted by atomic mass is 35.5. The molecule has 0 saturated carbocycles. The Morgan fingerprint density at radius 2 is 2.13 bits per heavy atom. The van der Waals surface area contributed by atoms with Gasteiger partial charge in [0, 0.05) is 10.8 Å². The van der Waals surface area contributed by atoms with Gasteiger partial charge in [0.25, 0.3) is 5.91 Å². The predicted octanol–water partition coefficient (Wildman–Crippen LogP) is 5.03. The molecule has 0 bridgehead atoms. The van der Waals surface area contributed by atoms with Gasteiger partial charge in [0.2, 0.25) is 0 Å². The van der Waals surface area contributed by atoms with E-state index in [1.807, 2.05) is 24.4 Å². The molecule has 1 amide bonds. The third kappa shape index (κ3) is 3.80. The van der Waals surface area contributed by atoms with Crippen LogP contribution in [0.5, 0.6) is 0 Å². The van der Waals surface area contributed by atoms with Gasteiger partial charge in [0.15, 0.2) is 0 Å². The number of nitrogens with one attached hydrogen (secondary N) is 1. The van der Waals surface area contributed by atoms with Crippen LogP contribution >= 0.6 is 45.6 Å². The molecule has 3 rings (SSSR count). The van der Waals surface area contributed by atoms with E-state index in [4.69, 9.17) is 11.6 Å². The minimum absolute atomic E-state index is 0.139. The molecule has 1 atom stereocenters. The fourth-order valence-electron chi connectivity index (χ4n) is 1.95. The molecule has 0 aromatic carbocycles. The van der Waals surface area contributed by atoms with Crippen LogP contribution in [0.25, 0.3) is 9.88 Å². The first-order chi connectivity index (χ1) is 11.1. The molecule has 1 unspecified atom stereocenters. The molecule has 4 nitrogen and oxygen atoms in total. The van der Waals surface area contributed by atoms with E-state index in [9.17, 15) is 4.79 Å². The maximum Gasteiger partial charge on any atom is 0.271 e. The fraction of sp³-hybridized carbons (Fsp3) is 0.267. The molecule has 120 valence electrons. The minimum Gasteiger partial charge on any atom is -0.343 e. The second-order valence-electron chi connectivity index (χ2n) is 4.86. The first-order valence-corrected chi connectivity index (χ1v) is 9.98. The summed E-state index contributed by atoms with van der Waals surface area (Å²) in [7, 11) is 0. The van der Waals surface area contributed by atoms with Crippen LogP contribution < -0.4 is 5.32 Å². The van der Waals surface area contributed by atoms with Crippen molar-refractivity contribution in [1.29, 1.82) is 0 Å². The van der Waals surface area contributed by atoms with Gasteiger partial charge in [-0.2, -0.15) is 0 Å². The molecule has 3 heterocycles. The molecular weight excluding hydrogens is 370 g/mol. The van der Waals surface area contributed by atoms with E-state index in [0.717, 1.165) is 27.0 Å². The zero-order valence-corrected chi connectivity index (χ0v) is 15.7. The number of halogens is 1. The summed E-state index contributed by atoms with van der Waals surface area (Å²) in [5.41, 5.74) is 1.31. The number of aryl methyl sites for hydroxylation is 1. The molecule has 0 aliphatic rings. The lowest BCUT2D eigenvalue weighted by Gasteiger charge is -2.10. The summed E-state index contributed by atoms with van der Waals surface area (Å²) < 4.78 is 0.713. The van der Waals surface area contributed by atoms with Gasteiger partial charge in [-0.3, -0.25) is 4.79 Å². The molecular formula is C15H14ClN3OS3. The Morgan fingerprint density at radius 1 is 1.30 bits per heavy atom. The van der Waals surface area contributed by atoms with Gasteiger partial charge in [-0.15, -0.1) is 34.0 Å². The van der Waals surface area contributed by atoms with Crippen LogP contribution in [0.1, 0.15) is 41.1 Å². The molecule has 0 aliphatic heterocycles. The summed E-state index contributed by atoms with van der Waals surface area (Å²) in [6.45, 7) is 4.00. The van der Waals surface area contributed by atoms with E-state index in [1.54, 1.807) is 16.7 Å². The topological polar surface area (TPSA) is 54.9 Å². The predicted molar refractivity (Wildman–Crippen MR) is 97.8 cm³/mol. The van der Waals surface area contributed by atoms with Crippen LogP contribution in [0.2, 0.25) is 4.34 Å². The van der Waals surface area contributed by atoms with Crippen molar-refractivity contribution in [3.05, 3.63) is 43.6 Å². The summed E-state index contributed by atoms with van der Waals surface area (Å²) in [6.07, 6.45) is 0.907. The Bertz CT molecular complexity index is 823. The van der Waals surface area contributed by atoms with Crippen molar-refractivity contribution in [3.63, 3.8) is 0 Å². The highest BCUT2D eigenvalue weighted by Crippen LogP contribution is 2.33. The lowest BCUT2D eigenvalue weighted by molar-refractivity contribution is 0.0935. The third-order valence-electron chi connectivity index (χ3n) is 3.18. The highest BCUT2D eigenvalue weighted by Gasteiger charge is 2.17. The minimum atomic E-state index is -0.186. The van der Waals surface area contributed by atoms with Crippen LogP contribution in [0.4, 0.5) is 0 Å². The Morgan fingerprint density at radius 3 is 2.78 bits per heavy atom. The molecule has 0 saturated heterocycles. The van der Waals surface area contributed by atoms with Crippen molar-refractivity contribution < 1.29 is 4.79 Å². The van der Waals surface area contributed by atoms with Crippen molar-refractivity contribution in [2.75, 3.05) is 0 Å². The zero-order chi connectivity index (χ0) is 16.4. The fourth-order valence-corrected chi connectivity index (χ4v) is 4.70. The number of rotatable bonds is 5. The van der Waals surface area contributed by atoms with Gasteiger partial charge in [-0.1, -0.05) is 18.5 Å². The molecule has 0 fully saturated rings. The average Bonchev–Trinajstić information content (AvgIpc) is 3.26. The SMILES string of the molecule is CCc1nc(C(C)NC(=O)c2csc(-c3ccc(Cl)s3)n2)cs1. The maximum atomic E-state index is 12.3. The molecule has 3 aromatic rings. The first-order valence-electron chi connectivity index (χ1n) is 7.03. The first kappa shape index (κ1) is 16.6. The van der Waals surface area contributed by atoms with Gasteiger partial charge >= 0.3 is 0 Å². The van der Waals surface area contributed by atoms with Crippen LogP contribution in [0.15, 0.2) is 22.9 Å². The lowest BCUT2D eigenvalue weighted by Crippen LogP contribution is -2.27. The smallest absolute Gasteiger partial charge is 0.271 e. The van der Waals surface area contributed by atoms with Crippen LogP contribution in [0, 0.1) is 0 Å². The largest absolute Gasteiger partial charge is 0.343 e. The van der Waals surface area contributed by atoms with Gasteiger partial charge in [-0.25, -0.2) is 9.97 Å². The lowest BCUT2D eigenvalue weighted by atomic mass is 10.2. The average molecular weight is 384 g/mol. The van der Waals surface area contributed by atoms with Crippen molar-refractivity contribution in [2.24, 2.45) is 0 Å². The highest BCUT2D eigenvalue weighted by molar-refractivity contribution is 7.23. The second-order valence-corrected chi connectivity index (χ2v) is 8.37. The summed E-state index contributed by atoms with van der Waals surface area (Å²) >= 11 is 10.5. The number of carbonyl (C=O) groups excluding carboxylic acids is 1. The quantitative estimate of drug-likeness (QED) is 0.671. The third-order valence-corrected chi connectivity index (χ3v) is 6.44. The maximum absolute atomic E-state index is 12.3. The summed E-state index contributed by atoms with van der Waals surface area (Å²) in [6, 6.07) is 3.61. The van der Waals surface area contributed by atoms with Crippen LogP contribution in [0.3, 0.4) is 0 Å². The second kappa shape index (κ2) is 7.09. The number of nitrogens with zero attached hydrogens (tertiary/aromatic N) is 2. The Labute approximate surface area is 151 Å². The summed E-state index contributed by atoms with van der Waals surface area (Å²) in [5, 5.41) is 8.59. The number of amides is 1. The van der Waals surface area contributed by atoms with E-state index in [1.165, 1.54) is 22.7 Å². The van der Waals surface area contributed by atoms with Crippen molar-refractivity contribution in [2.45, 2.75) is 26.3 Å².